The Balaban J connectivity index is 1.85. The van der Waals surface area contributed by atoms with E-state index in [0.717, 1.165) is 21.1 Å². The highest BCUT2D eigenvalue weighted by molar-refractivity contribution is 9.11. The molecule has 19 heavy (non-hydrogen) atoms. The number of hydrogen-bond acceptors (Lipinski definition) is 3. The van der Waals surface area contributed by atoms with Crippen molar-refractivity contribution in [1.82, 2.24) is 4.98 Å². The summed E-state index contributed by atoms with van der Waals surface area (Å²) in [6.45, 7) is 0. The number of nitrogens with one attached hydrogen (secondary N) is 1. The Morgan fingerprint density at radius 2 is 2.11 bits per heavy atom. The minimum Gasteiger partial charge on any atom is -0.385 e. The van der Waals surface area contributed by atoms with Crippen molar-refractivity contribution in [2.24, 2.45) is 0 Å². The number of rotatable bonds is 2. The molecule has 1 aromatic heterocycles. The van der Waals surface area contributed by atoms with Gasteiger partial charge in [-0.05, 0) is 56.0 Å². The van der Waals surface area contributed by atoms with Crippen LogP contribution in [0.25, 0.3) is 0 Å². The van der Waals surface area contributed by atoms with E-state index in [9.17, 15) is 5.11 Å². The molecule has 2 aromatic rings. The Morgan fingerprint density at radius 1 is 1.32 bits per heavy atom. The average molecular weight is 384 g/mol. The third-order valence-electron chi connectivity index (χ3n) is 3.30. The maximum Gasteiger partial charge on any atom is 0.117 e. The number of benzene rings is 1. The Kier molecular flexibility index (Phi) is 3.60. The molecule has 2 heterocycles. The predicted molar refractivity (Wildman–Crippen MR) is 82.2 cm³/mol. The van der Waals surface area contributed by atoms with Gasteiger partial charge in [0.1, 0.15) is 6.10 Å². The Hall–Kier alpha value is -0.910. The predicted octanol–water partition coefficient (Wildman–Crippen LogP) is 3.68. The second-order valence-electron chi connectivity index (χ2n) is 4.58. The number of anilines is 1. The molecule has 0 amide bonds. The van der Waals surface area contributed by atoms with E-state index >= 15 is 0 Å². The zero-order chi connectivity index (χ0) is 13.4. The minimum absolute atomic E-state index is 0.0395. The van der Waals surface area contributed by atoms with Gasteiger partial charge in [-0.15, -0.1) is 0 Å². The normalized spacial score (nSPS) is 18.8. The van der Waals surface area contributed by atoms with E-state index in [1.807, 2.05) is 24.3 Å². The lowest BCUT2D eigenvalue weighted by Crippen LogP contribution is -2.25. The Bertz CT molecular complexity index is 593. The number of hydrogen-bond donors (Lipinski definition) is 2. The molecule has 3 rings (SSSR count). The van der Waals surface area contributed by atoms with Gasteiger partial charge in [0.2, 0.25) is 0 Å². The summed E-state index contributed by atoms with van der Waals surface area (Å²) in [5.74, 6) is 0. The van der Waals surface area contributed by atoms with Gasteiger partial charge < -0.3 is 10.4 Å². The number of halogens is 2. The summed E-state index contributed by atoms with van der Waals surface area (Å²) in [5, 5.41) is 13.8. The van der Waals surface area contributed by atoms with Crippen LogP contribution in [0, 0.1) is 0 Å². The van der Waals surface area contributed by atoms with Crippen LogP contribution in [-0.4, -0.2) is 16.1 Å². The van der Waals surface area contributed by atoms with Gasteiger partial charge in [0, 0.05) is 20.8 Å². The van der Waals surface area contributed by atoms with Gasteiger partial charge in [-0.25, -0.2) is 0 Å². The lowest BCUT2D eigenvalue weighted by atomic mass is 10.0. The van der Waals surface area contributed by atoms with E-state index in [2.05, 4.69) is 48.2 Å². The zero-order valence-electron chi connectivity index (χ0n) is 9.98. The van der Waals surface area contributed by atoms with Crippen LogP contribution < -0.4 is 5.32 Å². The second kappa shape index (κ2) is 5.23. The maximum atomic E-state index is 10.5. The standard InChI is InChI=1S/C14H12Br2N2O/c15-9-6-10(16)13(17-7-9)14(19)12-5-8-3-1-2-4-11(8)18-12/h1-4,6-7,12,14,18-19H,5H2. The molecule has 0 radical (unpaired) electrons. The molecule has 2 unspecified atom stereocenters. The van der Waals surface area contributed by atoms with Gasteiger partial charge in [0.05, 0.1) is 11.7 Å². The molecule has 0 saturated carbocycles. The summed E-state index contributed by atoms with van der Waals surface area (Å²) >= 11 is 6.81. The molecule has 0 bridgehead atoms. The van der Waals surface area contributed by atoms with Crippen molar-refractivity contribution in [3.05, 3.63) is 56.7 Å². The van der Waals surface area contributed by atoms with Crippen LogP contribution in [0.2, 0.25) is 0 Å². The van der Waals surface area contributed by atoms with Crippen LogP contribution in [0.3, 0.4) is 0 Å². The second-order valence-corrected chi connectivity index (χ2v) is 6.35. The number of pyridine rings is 1. The van der Waals surface area contributed by atoms with E-state index in [0.29, 0.717) is 5.69 Å². The molecule has 5 heteroatoms. The fraction of sp³-hybridized carbons (Fsp3) is 0.214. The number of aliphatic hydroxyl groups excluding tert-OH is 1. The van der Waals surface area contributed by atoms with Crippen molar-refractivity contribution in [2.75, 3.05) is 5.32 Å². The monoisotopic (exact) mass is 382 g/mol. The highest BCUT2D eigenvalue weighted by atomic mass is 79.9. The van der Waals surface area contributed by atoms with Gasteiger partial charge in [0.25, 0.3) is 0 Å². The van der Waals surface area contributed by atoms with Crippen molar-refractivity contribution in [3.8, 4) is 0 Å². The smallest absolute Gasteiger partial charge is 0.117 e. The van der Waals surface area contributed by atoms with Crippen molar-refractivity contribution in [1.29, 1.82) is 0 Å². The van der Waals surface area contributed by atoms with Gasteiger partial charge >= 0.3 is 0 Å². The van der Waals surface area contributed by atoms with Gasteiger partial charge in [-0.2, -0.15) is 0 Å². The Morgan fingerprint density at radius 3 is 2.84 bits per heavy atom. The number of fused-ring (bicyclic) bond motifs is 1. The summed E-state index contributed by atoms with van der Waals surface area (Å²) < 4.78 is 1.70. The molecule has 2 atom stereocenters. The lowest BCUT2D eigenvalue weighted by molar-refractivity contribution is 0.151. The van der Waals surface area contributed by atoms with Crippen LogP contribution in [0.5, 0.6) is 0 Å². The molecule has 1 aromatic carbocycles. The molecule has 98 valence electrons. The first-order chi connectivity index (χ1) is 9.15. The topological polar surface area (TPSA) is 45.2 Å². The first kappa shape index (κ1) is 13.1. The van der Waals surface area contributed by atoms with Crippen LogP contribution in [-0.2, 0) is 6.42 Å². The molecule has 0 saturated heterocycles. The van der Waals surface area contributed by atoms with E-state index in [1.165, 1.54) is 5.56 Å². The fourth-order valence-corrected chi connectivity index (χ4v) is 3.57. The van der Waals surface area contributed by atoms with Crippen molar-refractivity contribution < 1.29 is 5.11 Å². The average Bonchev–Trinajstić information content (AvgIpc) is 2.81. The SMILES string of the molecule is OC(c1ncc(Br)cc1Br)C1Cc2ccccc2N1. The molecule has 0 spiro atoms. The van der Waals surface area contributed by atoms with E-state index in [1.54, 1.807) is 6.20 Å². The van der Waals surface area contributed by atoms with E-state index < -0.39 is 6.10 Å². The summed E-state index contributed by atoms with van der Waals surface area (Å²) in [6.07, 6.45) is 1.86. The Labute approximate surface area is 128 Å². The summed E-state index contributed by atoms with van der Waals surface area (Å²) in [7, 11) is 0. The van der Waals surface area contributed by atoms with Crippen molar-refractivity contribution in [2.45, 2.75) is 18.6 Å². The third-order valence-corrected chi connectivity index (χ3v) is 4.36. The van der Waals surface area contributed by atoms with Crippen LogP contribution >= 0.6 is 31.9 Å². The summed E-state index contributed by atoms with van der Waals surface area (Å²) in [6, 6.07) is 9.98. The molecule has 1 aliphatic rings. The third kappa shape index (κ3) is 2.55. The van der Waals surface area contributed by atoms with E-state index in [4.69, 9.17) is 0 Å². The highest BCUT2D eigenvalue weighted by Crippen LogP contribution is 2.34. The maximum absolute atomic E-state index is 10.5. The van der Waals surface area contributed by atoms with E-state index in [-0.39, 0.29) is 6.04 Å². The lowest BCUT2D eigenvalue weighted by Gasteiger charge is -2.19. The quantitative estimate of drug-likeness (QED) is 0.831. The van der Waals surface area contributed by atoms with Crippen molar-refractivity contribution in [3.63, 3.8) is 0 Å². The molecule has 1 aliphatic heterocycles. The first-order valence-electron chi connectivity index (χ1n) is 5.98. The molecule has 3 nitrogen and oxygen atoms in total. The van der Waals surface area contributed by atoms with Gasteiger partial charge in [0.15, 0.2) is 0 Å². The number of nitrogens with zero attached hydrogens (tertiary/aromatic N) is 1. The van der Waals surface area contributed by atoms with Crippen LogP contribution in [0.15, 0.2) is 45.5 Å². The fourth-order valence-electron chi connectivity index (χ4n) is 2.35. The minimum atomic E-state index is -0.644. The number of para-hydroxylation sites is 1. The van der Waals surface area contributed by atoms with Crippen LogP contribution in [0.4, 0.5) is 5.69 Å². The summed E-state index contributed by atoms with van der Waals surface area (Å²) in [5.41, 5.74) is 2.99. The zero-order valence-corrected chi connectivity index (χ0v) is 13.1. The molecule has 2 N–H and O–H groups in total. The largest absolute Gasteiger partial charge is 0.385 e. The highest BCUT2D eigenvalue weighted by Gasteiger charge is 2.29. The molecular formula is C14H12Br2N2O. The molecule has 0 aliphatic carbocycles. The number of aromatic nitrogens is 1. The number of aliphatic hydroxyl groups is 1. The van der Waals surface area contributed by atoms with Crippen molar-refractivity contribution >= 4 is 37.5 Å². The first-order valence-corrected chi connectivity index (χ1v) is 7.57. The molecule has 0 fully saturated rings. The van der Waals surface area contributed by atoms with Gasteiger partial charge in [-0.3, -0.25) is 4.98 Å². The van der Waals surface area contributed by atoms with Crippen LogP contribution in [0.1, 0.15) is 17.4 Å². The molecular weight excluding hydrogens is 372 g/mol. The summed E-state index contributed by atoms with van der Waals surface area (Å²) in [4.78, 5) is 4.30. The van der Waals surface area contributed by atoms with Gasteiger partial charge in [-0.1, -0.05) is 18.2 Å².